The molecule has 2 atom stereocenters. The summed E-state index contributed by atoms with van der Waals surface area (Å²) in [6, 6.07) is 43.1. The monoisotopic (exact) mass is 1380 g/mol. The smallest absolute Gasteiger partial charge is 0.172 e. The second-order valence-corrected chi connectivity index (χ2v) is 29.0. The largest absolute Gasteiger partial charge is 0.496 e. The molecule has 0 saturated carbocycles. The lowest BCUT2D eigenvalue weighted by Crippen LogP contribution is -2.25. The Bertz CT molecular complexity index is 4230. The van der Waals surface area contributed by atoms with Gasteiger partial charge in [-0.3, -0.25) is 0 Å². The number of hydrogen-bond acceptors (Lipinski definition) is 12. The van der Waals surface area contributed by atoms with Gasteiger partial charge in [0.25, 0.3) is 0 Å². The molecule has 2 heterocycles. The van der Waals surface area contributed by atoms with Gasteiger partial charge in [-0.2, -0.15) is 26.3 Å². The second-order valence-electron chi connectivity index (χ2n) is 29.0. The van der Waals surface area contributed by atoms with Gasteiger partial charge in [-0.25, -0.2) is 0 Å². The van der Waals surface area contributed by atoms with E-state index in [1.54, 1.807) is 28.3 Å². The van der Waals surface area contributed by atoms with E-state index >= 15 is 0 Å². The minimum absolute atomic E-state index is 0.00273. The maximum atomic E-state index is 10.3. The molecule has 0 saturated heterocycles. The number of ether oxygens (including phenoxy) is 5. The third kappa shape index (κ3) is 20.1. The lowest BCUT2D eigenvalue weighted by molar-refractivity contribution is 0.0749. The third-order valence-electron chi connectivity index (χ3n) is 19.8. The highest BCUT2D eigenvalue weighted by Gasteiger charge is 2.45. The number of nitriles is 5. The van der Waals surface area contributed by atoms with E-state index in [1.165, 1.54) is 53.8 Å². The van der Waals surface area contributed by atoms with Crippen molar-refractivity contribution in [3.63, 3.8) is 0 Å². The number of nitrogens with zero attached hydrogens (tertiary/aromatic N) is 7. The molecule has 0 radical (unpaired) electrons. The lowest BCUT2D eigenvalue weighted by Gasteiger charge is -2.34. The van der Waals surface area contributed by atoms with Gasteiger partial charge >= 0.3 is 0 Å². The molecule has 4 aliphatic rings. The van der Waals surface area contributed by atoms with Crippen molar-refractivity contribution in [1.82, 2.24) is 0 Å². The van der Waals surface area contributed by atoms with Gasteiger partial charge in [-0.15, -0.1) is 0 Å². The third-order valence-corrected chi connectivity index (χ3v) is 19.8. The Balaban J connectivity index is 0.000000288. The first kappa shape index (κ1) is 80.1. The summed E-state index contributed by atoms with van der Waals surface area (Å²) in [5, 5.41) is 49.5. The average Bonchev–Trinajstić information content (AvgIpc) is 1.62. The van der Waals surface area contributed by atoms with Crippen LogP contribution in [-0.4, -0.2) is 47.5 Å². The fourth-order valence-electron chi connectivity index (χ4n) is 14.2. The molecule has 0 fully saturated rings. The standard InChI is InChI=1S/C47H59N3O2.C44H50N4O3/c1-9-12-22-41-37(19-18-23-43-42(34-49)45(35(4)33-48)52-47(43,7)39-20-16-15-17-21-39)31-46(5,6)32-38(41)25-24-36-26-27-40(30-44(36)51-8)50(28-13-10-2)29-14-11-3;1-8-10-24-48(25-11-9-2)37-23-22-32(40(26-37)49-6)20-21-34-28-43(3,4)27-33(41(34)50-7)16-15-19-39-38(31-47)42(35(29-45)30-46)51-44(39,5)36-17-13-12-14-18-36/h15-21,23-27,30H,9-14,22,28-29,31-32H2,1-8H3;12-23,26H,8-11,24-25,27-28H2,1-7H3/b23-18+,25-24+,37-19+,45-35-;19-15+,21-20+,33-16+. The van der Waals surface area contributed by atoms with Crippen molar-refractivity contribution in [1.29, 1.82) is 26.3 Å². The van der Waals surface area contributed by atoms with Crippen LogP contribution in [0.25, 0.3) is 12.2 Å². The minimum atomic E-state index is -1.08. The number of unbranched alkanes of at least 4 members (excludes halogenated alkanes) is 5. The summed E-state index contributed by atoms with van der Waals surface area (Å²) in [5.41, 5.74) is 12.6. The quantitative estimate of drug-likeness (QED) is 0.0453. The number of anilines is 2. The summed E-state index contributed by atoms with van der Waals surface area (Å²) in [6.45, 7) is 30.1. The maximum Gasteiger partial charge on any atom is 0.172 e. The van der Waals surface area contributed by atoms with E-state index in [4.69, 9.17) is 23.7 Å². The van der Waals surface area contributed by atoms with Crippen LogP contribution in [-0.2, 0) is 25.4 Å². The lowest BCUT2D eigenvalue weighted by atomic mass is 9.70. The maximum absolute atomic E-state index is 10.3. The van der Waals surface area contributed by atoms with Gasteiger partial charge in [0.2, 0.25) is 0 Å². The summed E-state index contributed by atoms with van der Waals surface area (Å²) in [6.07, 6.45) is 37.1. The number of rotatable bonds is 30. The predicted octanol–water partition coefficient (Wildman–Crippen LogP) is 22.9. The van der Waals surface area contributed by atoms with Crippen molar-refractivity contribution >= 4 is 23.5 Å². The van der Waals surface area contributed by atoms with Crippen LogP contribution in [0.4, 0.5) is 11.4 Å². The topological polar surface area (TPSA) is 172 Å². The first-order valence-corrected chi connectivity index (χ1v) is 37.1. The molecule has 2 unspecified atom stereocenters. The van der Waals surface area contributed by atoms with Crippen LogP contribution in [0.5, 0.6) is 11.5 Å². The normalized spacial score (nSPS) is 19.8. The van der Waals surface area contributed by atoms with Crippen molar-refractivity contribution in [2.45, 2.75) is 191 Å². The zero-order valence-corrected chi connectivity index (χ0v) is 64.1. The van der Waals surface area contributed by atoms with Crippen molar-refractivity contribution in [3.05, 3.63) is 247 Å². The van der Waals surface area contributed by atoms with Crippen LogP contribution < -0.4 is 19.3 Å². The molecule has 538 valence electrons. The number of methoxy groups -OCH3 is 3. The van der Waals surface area contributed by atoms with Crippen LogP contribution >= 0.6 is 0 Å². The molecule has 0 aromatic heterocycles. The molecule has 0 N–H and O–H groups in total. The highest BCUT2D eigenvalue weighted by Crippen LogP contribution is 2.50. The molecule has 12 nitrogen and oxygen atoms in total. The summed E-state index contributed by atoms with van der Waals surface area (Å²) in [4.78, 5) is 4.96. The molecule has 0 bridgehead atoms. The van der Waals surface area contributed by atoms with Crippen molar-refractivity contribution in [2.75, 3.05) is 57.3 Å². The molecule has 4 aromatic rings. The zero-order valence-electron chi connectivity index (χ0n) is 64.1. The van der Waals surface area contributed by atoms with Crippen LogP contribution in [0.15, 0.2) is 224 Å². The number of benzene rings is 4. The van der Waals surface area contributed by atoms with E-state index in [-0.39, 0.29) is 27.7 Å². The Morgan fingerprint density at radius 3 is 1.31 bits per heavy atom. The van der Waals surface area contributed by atoms with Gasteiger partial charge in [0, 0.05) is 72.0 Å². The Morgan fingerprint density at radius 2 is 0.893 bits per heavy atom. The Hall–Kier alpha value is -10.2. The van der Waals surface area contributed by atoms with Crippen LogP contribution in [0.2, 0.25) is 0 Å². The predicted molar refractivity (Wildman–Crippen MR) is 421 cm³/mol. The van der Waals surface area contributed by atoms with E-state index < -0.39 is 11.2 Å². The molecule has 0 amide bonds. The SMILES string of the molecule is CCCCC1=C(/C=C/c2ccc(N(CCCC)CCCC)cc2OC)CC(C)(C)C/C1=C\C=C\C1=C(C#N)C(=C(\C)C#N)/OC1(C)c1ccccc1.CCCCN(CCCC)c1ccc(/C=C/C2=C(OC)C(=C/C=C/C3=C(C#N)C(=C(C#N)C#N)OC3(C)c3ccccc3)/CC(C)(C)C2)c(OC)c1. The van der Waals surface area contributed by atoms with Gasteiger partial charge in [-0.1, -0.05) is 216 Å². The van der Waals surface area contributed by atoms with Crippen molar-refractivity contribution in [3.8, 4) is 41.8 Å². The second kappa shape index (κ2) is 38.2. The van der Waals surface area contributed by atoms with Crippen LogP contribution in [0.3, 0.4) is 0 Å². The first-order valence-electron chi connectivity index (χ1n) is 37.1. The van der Waals surface area contributed by atoms with E-state index in [0.717, 1.165) is 153 Å². The molecular weight excluding hydrogens is 1270 g/mol. The summed E-state index contributed by atoms with van der Waals surface area (Å²) < 4.78 is 30.7. The van der Waals surface area contributed by atoms with E-state index in [2.05, 4.69) is 163 Å². The Kier molecular flexibility index (Phi) is 29.7. The molecule has 8 rings (SSSR count). The van der Waals surface area contributed by atoms with Crippen LogP contribution in [0.1, 0.15) is 202 Å². The summed E-state index contributed by atoms with van der Waals surface area (Å²) in [5.74, 6) is 2.91. The van der Waals surface area contributed by atoms with Crippen molar-refractivity contribution < 1.29 is 23.7 Å². The van der Waals surface area contributed by atoms with E-state index in [0.29, 0.717) is 22.5 Å². The van der Waals surface area contributed by atoms with Gasteiger partial charge in [0.1, 0.15) is 52.7 Å². The zero-order chi connectivity index (χ0) is 74.7. The number of allylic oxidation sites excluding steroid dienone is 15. The fraction of sp³-hybridized carbons (Fsp3) is 0.418. The summed E-state index contributed by atoms with van der Waals surface area (Å²) >= 11 is 0. The summed E-state index contributed by atoms with van der Waals surface area (Å²) in [7, 11) is 5.19. The molecule has 2 aliphatic heterocycles. The molecule has 4 aromatic carbocycles. The molecule has 0 spiro atoms. The highest BCUT2D eigenvalue weighted by atomic mass is 16.5. The highest BCUT2D eigenvalue weighted by molar-refractivity contribution is 5.69. The first-order chi connectivity index (χ1) is 49.6. The molecule has 12 heteroatoms. The minimum Gasteiger partial charge on any atom is -0.496 e. The molecule has 2 aliphatic carbocycles. The van der Waals surface area contributed by atoms with E-state index in [1.807, 2.05) is 111 Å². The van der Waals surface area contributed by atoms with Gasteiger partial charge < -0.3 is 33.5 Å². The number of hydrogen-bond donors (Lipinski definition) is 0. The van der Waals surface area contributed by atoms with Gasteiger partial charge in [-0.05, 0) is 159 Å². The van der Waals surface area contributed by atoms with E-state index in [9.17, 15) is 26.3 Å². The Morgan fingerprint density at radius 1 is 0.476 bits per heavy atom. The van der Waals surface area contributed by atoms with Gasteiger partial charge in [0.15, 0.2) is 28.3 Å². The fourth-order valence-corrected chi connectivity index (χ4v) is 14.2. The Labute approximate surface area is 617 Å². The molecular formula is C91H109N7O5. The van der Waals surface area contributed by atoms with Gasteiger partial charge in [0.05, 0.1) is 33.0 Å². The molecule has 103 heavy (non-hydrogen) atoms. The van der Waals surface area contributed by atoms with Crippen molar-refractivity contribution in [2.24, 2.45) is 10.8 Å². The average molecular weight is 1380 g/mol. The van der Waals surface area contributed by atoms with Crippen LogP contribution in [0, 0.1) is 67.5 Å².